The normalized spacial score (nSPS) is 23.6. The van der Waals surface area contributed by atoms with Crippen molar-refractivity contribution in [2.24, 2.45) is 11.8 Å². The molecule has 1 amide bonds. The Hall–Kier alpha value is -0.610. The van der Waals surface area contributed by atoms with Gasteiger partial charge < -0.3 is 9.80 Å². The number of nitrogens with zero attached hydrogens (tertiary/aromatic N) is 2. The number of rotatable bonds is 8. The average molecular weight is 283 g/mol. The predicted molar refractivity (Wildman–Crippen MR) is 84.5 cm³/mol. The van der Waals surface area contributed by atoms with E-state index in [1.54, 1.807) is 0 Å². The summed E-state index contributed by atoms with van der Waals surface area (Å²) in [5.74, 6) is 1.47. The second-order valence-electron chi connectivity index (χ2n) is 7.18. The first-order valence-corrected chi connectivity index (χ1v) is 8.02. The maximum absolute atomic E-state index is 12.6. The van der Waals surface area contributed by atoms with E-state index in [4.69, 9.17) is 0 Å². The molecule has 2 atom stereocenters. The molecule has 4 heteroatoms. The largest absolute Gasteiger partial charge is 0.326 e. The summed E-state index contributed by atoms with van der Waals surface area (Å²) in [4.78, 5) is 16.8. The number of hydrogen-bond donors (Lipinski definition) is 1. The van der Waals surface area contributed by atoms with Gasteiger partial charge in [0.1, 0.15) is 0 Å². The zero-order valence-corrected chi connectivity index (χ0v) is 14.1. The first kappa shape index (κ1) is 17.4. The molecule has 0 aromatic rings. The van der Waals surface area contributed by atoms with Gasteiger partial charge >= 0.3 is 0 Å². The van der Waals surface area contributed by atoms with Crippen LogP contribution in [0.5, 0.6) is 0 Å². The lowest BCUT2D eigenvalue weighted by Gasteiger charge is -2.26. The average Bonchev–Trinajstić information content (AvgIpc) is 2.55. The van der Waals surface area contributed by atoms with Gasteiger partial charge in [-0.2, -0.15) is 0 Å². The highest BCUT2D eigenvalue weighted by atomic mass is 16.2. The number of hydrogen-bond acceptors (Lipinski definition) is 3. The molecule has 0 aliphatic carbocycles. The van der Waals surface area contributed by atoms with Crippen molar-refractivity contribution in [3.8, 4) is 0 Å². The minimum atomic E-state index is 0.0260. The van der Waals surface area contributed by atoms with Crippen molar-refractivity contribution in [1.29, 1.82) is 0 Å². The fourth-order valence-corrected chi connectivity index (χ4v) is 2.85. The molecule has 0 spiro atoms. The van der Waals surface area contributed by atoms with Crippen molar-refractivity contribution in [1.82, 2.24) is 15.1 Å². The topological polar surface area (TPSA) is 35.6 Å². The molecule has 1 N–H and O–H groups in total. The number of carbonyl (C=O) groups excluding carboxylic acids is 1. The van der Waals surface area contributed by atoms with E-state index in [1.807, 2.05) is 0 Å². The quantitative estimate of drug-likeness (QED) is 0.741. The first-order chi connectivity index (χ1) is 9.31. The van der Waals surface area contributed by atoms with E-state index < -0.39 is 0 Å². The molecule has 0 saturated carbocycles. The minimum Gasteiger partial charge on any atom is -0.326 e. The Labute approximate surface area is 124 Å². The Bertz CT molecular complexity index is 302. The zero-order chi connectivity index (χ0) is 15.3. The van der Waals surface area contributed by atoms with Gasteiger partial charge in [0.05, 0.1) is 12.2 Å². The second-order valence-corrected chi connectivity index (χ2v) is 7.18. The van der Waals surface area contributed by atoms with Crippen molar-refractivity contribution in [2.45, 2.75) is 59.2 Å². The molecule has 20 heavy (non-hydrogen) atoms. The van der Waals surface area contributed by atoms with Gasteiger partial charge in [-0.1, -0.05) is 27.7 Å². The molecule has 0 bridgehead atoms. The van der Waals surface area contributed by atoms with Crippen LogP contribution in [0, 0.1) is 11.8 Å². The van der Waals surface area contributed by atoms with Crippen LogP contribution in [0.4, 0.5) is 0 Å². The molecule has 1 aliphatic rings. The SMILES string of the molecule is CC(C)CC1NC(CC(C)C)N(CCCN(C)C)C1=O. The Balaban J connectivity index is 2.61. The lowest BCUT2D eigenvalue weighted by atomic mass is 10.0. The molecule has 1 saturated heterocycles. The van der Waals surface area contributed by atoms with Crippen molar-refractivity contribution in [3.05, 3.63) is 0 Å². The summed E-state index contributed by atoms with van der Waals surface area (Å²) < 4.78 is 0. The molecule has 0 aromatic heterocycles. The van der Waals surface area contributed by atoms with Gasteiger partial charge in [-0.05, 0) is 51.7 Å². The summed E-state index contributed by atoms with van der Waals surface area (Å²) in [6, 6.07) is 0.0260. The van der Waals surface area contributed by atoms with E-state index >= 15 is 0 Å². The van der Waals surface area contributed by atoms with E-state index in [1.165, 1.54) is 0 Å². The highest BCUT2D eigenvalue weighted by Crippen LogP contribution is 2.21. The van der Waals surface area contributed by atoms with E-state index in [-0.39, 0.29) is 12.2 Å². The third-order valence-corrected chi connectivity index (χ3v) is 3.76. The van der Waals surface area contributed by atoms with Crippen molar-refractivity contribution in [3.63, 3.8) is 0 Å². The summed E-state index contributed by atoms with van der Waals surface area (Å²) in [5.41, 5.74) is 0. The van der Waals surface area contributed by atoms with E-state index in [2.05, 4.69) is 56.9 Å². The number of amides is 1. The smallest absolute Gasteiger partial charge is 0.241 e. The van der Waals surface area contributed by atoms with Crippen molar-refractivity contribution < 1.29 is 4.79 Å². The maximum Gasteiger partial charge on any atom is 0.241 e. The highest BCUT2D eigenvalue weighted by Gasteiger charge is 2.38. The van der Waals surface area contributed by atoms with Gasteiger partial charge in [0.15, 0.2) is 0 Å². The van der Waals surface area contributed by atoms with E-state index in [0.717, 1.165) is 32.4 Å². The molecule has 118 valence electrons. The lowest BCUT2D eigenvalue weighted by molar-refractivity contribution is -0.130. The van der Waals surface area contributed by atoms with Crippen LogP contribution in [0.15, 0.2) is 0 Å². The van der Waals surface area contributed by atoms with Crippen LogP contribution >= 0.6 is 0 Å². The molecule has 0 radical (unpaired) electrons. The fourth-order valence-electron chi connectivity index (χ4n) is 2.85. The van der Waals surface area contributed by atoms with Crippen LogP contribution in [0.3, 0.4) is 0 Å². The third-order valence-electron chi connectivity index (χ3n) is 3.76. The monoisotopic (exact) mass is 283 g/mol. The molecule has 0 aromatic carbocycles. The first-order valence-electron chi connectivity index (χ1n) is 8.02. The lowest BCUT2D eigenvalue weighted by Crippen LogP contribution is -2.39. The zero-order valence-electron chi connectivity index (χ0n) is 14.1. The Kier molecular flexibility index (Phi) is 6.96. The van der Waals surface area contributed by atoms with E-state index in [9.17, 15) is 4.79 Å². The van der Waals surface area contributed by atoms with Crippen molar-refractivity contribution in [2.75, 3.05) is 27.2 Å². The van der Waals surface area contributed by atoms with Crippen LogP contribution in [-0.4, -0.2) is 55.1 Å². The van der Waals surface area contributed by atoms with Crippen LogP contribution in [-0.2, 0) is 4.79 Å². The van der Waals surface area contributed by atoms with Gasteiger partial charge in [0.25, 0.3) is 0 Å². The summed E-state index contributed by atoms with van der Waals surface area (Å²) in [7, 11) is 4.16. The van der Waals surface area contributed by atoms with Crippen LogP contribution in [0.25, 0.3) is 0 Å². The summed E-state index contributed by atoms with van der Waals surface area (Å²) in [6.07, 6.45) is 3.26. The summed E-state index contributed by atoms with van der Waals surface area (Å²) >= 11 is 0. The fraction of sp³-hybridized carbons (Fsp3) is 0.938. The van der Waals surface area contributed by atoms with Gasteiger partial charge in [0.2, 0.25) is 5.91 Å². The maximum atomic E-state index is 12.6. The van der Waals surface area contributed by atoms with Gasteiger partial charge in [-0.15, -0.1) is 0 Å². The highest BCUT2D eigenvalue weighted by molar-refractivity contribution is 5.84. The van der Waals surface area contributed by atoms with Gasteiger partial charge in [-0.25, -0.2) is 0 Å². The third kappa shape index (κ3) is 5.41. The Morgan fingerprint density at radius 3 is 2.25 bits per heavy atom. The van der Waals surface area contributed by atoms with Crippen LogP contribution in [0.2, 0.25) is 0 Å². The van der Waals surface area contributed by atoms with Gasteiger partial charge in [0, 0.05) is 6.54 Å². The molecule has 2 unspecified atom stereocenters. The predicted octanol–water partition coefficient (Wildman–Crippen LogP) is 2.16. The molecule has 1 rings (SSSR count). The molecular weight excluding hydrogens is 250 g/mol. The molecule has 1 fully saturated rings. The molecular formula is C16H33N3O. The standard InChI is InChI=1S/C16H33N3O/c1-12(2)10-14-16(20)19(9-7-8-18(5)6)15(17-14)11-13(3)4/h12-15,17H,7-11H2,1-6H3. The molecule has 4 nitrogen and oxygen atoms in total. The van der Waals surface area contributed by atoms with Gasteiger partial charge in [-0.3, -0.25) is 10.1 Å². The van der Waals surface area contributed by atoms with Crippen LogP contribution < -0.4 is 5.32 Å². The van der Waals surface area contributed by atoms with Crippen molar-refractivity contribution >= 4 is 5.91 Å². The molecule has 1 aliphatic heterocycles. The summed E-state index contributed by atoms with van der Waals surface area (Å²) in [5, 5.41) is 3.55. The summed E-state index contributed by atoms with van der Waals surface area (Å²) in [6.45, 7) is 10.7. The Morgan fingerprint density at radius 2 is 1.75 bits per heavy atom. The number of carbonyl (C=O) groups is 1. The number of nitrogens with one attached hydrogen (secondary N) is 1. The van der Waals surface area contributed by atoms with Crippen LogP contribution in [0.1, 0.15) is 47.0 Å². The second kappa shape index (κ2) is 7.99. The van der Waals surface area contributed by atoms with E-state index in [0.29, 0.717) is 17.7 Å². The Morgan fingerprint density at radius 1 is 1.15 bits per heavy atom. The minimum absolute atomic E-state index is 0.0260. The molecule has 1 heterocycles.